The Morgan fingerprint density at radius 3 is 2.89 bits per heavy atom. The van der Waals surface area contributed by atoms with E-state index in [0.29, 0.717) is 6.61 Å². The van der Waals surface area contributed by atoms with Gasteiger partial charge in [0.15, 0.2) is 0 Å². The molecule has 5 heteroatoms. The average Bonchev–Trinajstić information content (AvgIpc) is 2.50. The Labute approximate surface area is 53.3 Å². The topological polar surface area (TPSA) is 59.1 Å². The molecule has 1 N–H and O–H groups in total. The monoisotopic (exact) mass is 152 g/mol. The van der Waals surface area contributed by atoms with E-state index in [1.165, 1.54) is 7.11 Å². The van der Waals surface area contributed by atoms with E-state index >= 15 is 0 Å². The molecule has 1 saturated heterocycles. The number of rotatable bonds is 3. The van der Waals surface area contributed by atoms with Crippen molar-refractivity contribution < 1.29 is 18.7 Å². The molecular formula is C4H9O4P. The van der Waals surface area contributed by atoms with Gasteiger partial charge < -0.3 is 14.2 Å². The maximum atomic E-state index is 10.7. The fourth-order valence-electron chi connectivity index (χ4n) is 0.505. The standard InChI is InChI=1S/C4H9O4P/c1-7-9(5,6)3-4-2-8-4/h4H,2-3H2,1H3,(H,5,6). The van der Waals surface area contributed by atoms with Crippen LogP contribution in [0.15, 0.2) is 0 Å². The Hall–Kier alpha value is 0.110. The molecule has 0 bridgehead atoms. The zero-order valence-corrected chi connectivity index (χ0v) is 6.01. The van der Waals surface area contributed by atoms with Crippen LogP contribution in [0.1, 0.15) is 0 Å². The molecule has 9 heavy (non-hydrogen) atoms. The molecule has 1 aliphatic rings. The first-order valence-electron chi connectivity index (χ1n) is 2.63. The number of ether oxygens (including phenoxy) is 1. The third-order valence-corrected chi connectivity index (χ3v) is 2.56. The molecular weight excluding hydrogens is 143 g/mol. The summed E-state index contributed by atoms with van der Waals surface area (Å²) in [4.78, 5) is 8.79. The van der Waals surface area contributed by atoms with E-state index in [0.717, 1.165) is 0 Å². The second kappa shape index (κ2) is 2.39. The molecule has 0 saturated carbocycles. The molecule has 0 aromatic heterocycles. The molecule has 0 aromatic carbocycles. The van der Waals surface area contributed by atoms with Gasteiger partial charge in [0.25, 0.3) is 0 Å². The molecule has 2 unspecified atom stereocenters. The third-order valence-electron chi connectivity index (χ3n) is 1.12. The lowest BCUT2D eigenvalue weighted by molar-refractivity contribution is 0.308. The van der Waals surface area contributed by atoms with Gasteiger partial charge in [0.1, 0.15) is 0 Å². The quantitative estimate of drug-likeness (QED) is 0.464. The van der Waals surface area contributed by atoms with Gasteiger partial charge in [0.05, 0.1) is 18.9 Å². The Kier molecular flexibility index (Phi) is 1.91. The van der Waals surface area contributed by atoms with Crippen molar-refractivity contribution in [3.05, 3.63) is 0 Å². The first-order valence-corrected chi connectivity index (χ1v) is 4.39. The highest BCUT2D eigenvalue weighted by Gasteiger charge is 2.32. The van der Waals surface area contributed by atoms with Crippen molar-refractivity contribution in [1.82, 2.24) is 0 Å². The normalized spacial score (nSPS) is 31.6. The van der Waals surface area contributed by atoms with Gasteiger partial charge in [-0.1, -0.05) is 0 Å². The van der Waals surface area contributed by atoms with Gasteiger partial charge in [-0.3, -0.25) is 4.57 Å². The largest absolute Gasteiger partial charge is 0.372 e. The van der Waals surface area contributed by atoms with E-state index in [1.807, 2.05) is 0 Å². The summed E-state index contributed by atoms with van der Waals surface area (Å²) < 4.78 is 19.7. The summed E-state index contributed by atoms with van der Waals surface area (Å²) in [7, 11) is -2.07. The highest BCUT2D eigenvalue weighted by Crippen LogP contribution is 2.43. The second-order valence-corrected chi connectivity index (χ2v) is 3.96. The van der Waals surface area contributed by atoms with Crippen LogP contribution in [0.5, 0.6) is 0 Å². The summed E-state index contributed by atoms with van der Waals surface area (Å²) in [5, 5.41) is 0. The minimum Gasteiger partial charge on any atom is -0.372 e. The zero-order valence-electron chi connectivity index (χ0n) is 5.11. The van der Waals surface area contributed by atoms with E-state index in [9.17, 15) is 4.57 Å². The molecule has 0 radical (unpaired) electrons. The number of hydrogen-bond acceptors (Lipinski definition) is 3. The number of epoxide rings is 1. The van der Waals surface area contributed by atoms with Gasteiger partial charge in [-0.05, 0) is 0 Å². The highest BCUT2D eigenvalue weighted by molar-refractivity contribution is 7.52. The molecule has 54 valence electrons. The lowest BCUT2D eigenvalue weighted by Crippen LogP contribution is -1.97. The van der Waals surface area contributed by atoms with Crippen LogP contribution < -0.4 is 0 Å². The Morgan fingerprint density at radius 1 is 2.00 bits per heavy atom. The van der Waals surface area contributed by atoms with Gasteiger partial charge in [-0.15, -0.1) is 0 Å². The summed E-state index contributed by atoms with van der Waals surface area (Å²) in [5.41, 5.74) is 0. The minimum absolute atomic E-state index is 0.0409. The van der Waals surface area contributed by atoms with Crippen LogP contribution in [0.3, 0.4) is 0 Å². The van der Waals surface area contributed by atoms with Crippen LogP contribution in [-0.4, -0.2) is 30.9 Å². The molecule has 0 aromatic rings. The van der Waals surface area contributed by atoms with Crippen LogP contribution in [-0.2, 0) is 13.8 Å². The Morgan fingerprint density at radius 2 is 2.56 bits per heavy atom. The van der Waals surface area contributed by atoms with Gasteiger partial charge in [-0.2, -0.15) is 0 Å². The van der Waals surface area contributed by atoms with Crippen molar-refractivity contribution in [1.29, 1.82) is 0 Å². The molecule has 0 aliphatic carbocycles. The molecule has 1 rings (SSSR count). The SMILES string of the molecule is COP(=O)(O)CC1CO1. The van der Waals surface area contributed by atoms with Crippen molar-refractivity contribution in [3.63, 3.8) is 0 Å². The summed E-state index contributed by atoms with van der Waals surface area (Å²) in [6.07, 6.45) is 0.0875. The fourth-order valence-corrected chi connectivity index (χ4v) is 1.38. The summed E-state index contributed by atoms with van der Waals surface area (Å²) in [6.45, 7) is 0.591. The van der Waals surface area contributed by atoms with Crippen molar-refractivity contribution in [2.24, 2.45) is 0 Å². The van der Waals surface area contributed by atoms with Gasteiger partial charge in [0, 0.05) is 7.11 Å². The van der Waals surface area contributed by atoms with Crippen LogP contribution in [0, 0.1) is 0 Å². The fraction of sp³-hybridized carbons (Fsp3) is 1.00. The van der Waals surface area contributed by atoms with E-state index < -0.39 is 7.60 Å². The maximum absolute atomic E-state index is 10.7. The third kappa shape index (κ3) is 2.45. The molecule has 1 aliphatic heterocycles. The predicted octanol–water partition coefficient (Wildman–Crippen LogP) is 0.217. The first-order chi connectivity index (χ1) is 4.14. The van der Waals surface area contributed by atoms with Crippen LogP contribution in [0.25, 0.3) is 0 Å². The van der Waals surface area contributed by atoms with Gasteiger partial charge in [0.2, 0.25) is 0 Å². The number of hydrogen-bond donors (Lipinski definition) is 1. The predicted molar refractivity (Wildman–Crippen MR) is 31.4 cm³/mol. The minimum atomic E-state index is -3.29. The molecule has 0 amide bonds. The lowest BCUT2D eigenvalue weighted by Gasteiger charge is -2.04. The summed E-state index contributed by atoms with van der Waals surface area (Å²) in [5.74, 6) is 0. The lowest BCUT2D eigenvalue weighted by atomic mass is 10.6. The van der Waals surface area contributed by atoms with Crippen molar-refractivity contribution in [2.75, 3.05) is 19.9 Å². The molecule has 1 fully saturated rings. The van der Waals surface area contributed by atoms with Gasteiger partial charge >= 0.3 is 7.60 Å². The summed E-state index contributed by atoms with van der Waals surface area (Å²) >= 11 is 0. The molecule has 1 heterocycles. The summed E-state index contributed by atoms with van der Waals surface area (Å²) in [6, 6.07) is 0. The van der Waals surface area contributed by atoms with Crippen molar-refractivity contribution >= 4 is 7.60 Å². The van der Waals surface area contributed by atoms with Crippen molar-refractivity contribution in [2.45, 2.75) is 6.10 Å². The van der Waals surface area contributed by atoms with E-state index in [2.05, 4.69) is 4.52 Å². The second-order valence-electron chi connectivity index (χ2n) is 1.96. The molecule has 0 spiro atoms. The maximum Gasteiger partial charge on any atom is 0.330 e. The Bertz CT molecular complexity index is 142. The molecule has 2 atom stereocenters. The molecule has 4 nitrogen and oxygen atoms in total. The zero-order chi connectivity index (χ0) is 6.91. The Balaban J connectivity index is 2.30. The first kappa shape index (κ1) is 7.22. The van der Waals surface area contributed by atoms with E-state index in [4.69, 9.17) is 9.63 Å². The highest BCUT2D eigenvalue weighted by atomic mass is 31.2. The van der Waals surface area contributed by atoms with E-state index in [1.54, 1.807) is 0 Å². The van der Waals surface area contributed by atoms with Crippen LogP contribution in [0.2, 0.25) is 0 Å². The van der Waals surface area contributed by atoms with Crippen molar-refractivity contribution in [3.8, 4) is 0 Å². The van der Waals surface area contributed by atoms with Crippen LogP contribution >= 0.6 is 7.60 Å². The van der Waals surface area contributed by atoms with E-state index in [-0.39, 0.29) is 12.3 Å². The van der Waals surface area contributed by atoms with Crippen LogP contribution in [0.4, 0.5) is 0 Å². The smallest absolute Gasteiger partial charge is 0.330 e. The average molecular weight is 152 g/mol. The van der Waals surface area contributed by atoms with Gasteiger partial charge in [-0.25, -0.2) is 0 Å².